The monoisotopic (exact) mass is 397 g/mol. The minimum atomic E-state index is -0.330. The molecule has 0 fully saturated rings. The van der Waals surface area contributed by atoms with Crippen LogP contribution in [0, 0.1) is 6.92 Å². The molecule has 0 unspecified atom stereocenters. The molecule has 7 heteroatoms. The van der Waals surface area contributed by atoms with Crippen molar-refractivity contribution in [3.8, 4) is 11.5 Å². The standard InChI is InChI=1S/C21H20ClN3O3/c1-13-11-18(20(23)25-19(13)12-27-2)21(26)24-15-5-9-17(10-6-15)28-16-7-3-14(22)4-8-16/h3-11H,12H2,1-2H3,(H2,23,25)(H,24,26). The zero-order valence-electron chi connectivity index (χ0n) is 15.5. The van der Waals surface area contributed by atoms with Gasteiger partial charge in [-0.25, -0.2) is 4.98 Å². The number of aryl methyl sites for hydroxylation is 1. The average molecular weight is 398 g/mol. The second-order valence-corrected chi connectivity index (χ2v) is 6.59. The van der Waals surface area contributed by atoms with Crippen molar-refractivity contribution in [2.75, 3.05) is 18.2 Å². The van der Waals surface area contributed by atoms with Crippen LogP contribution in [0.1, 0.15) is 21.6 Å². The average Bonchev–Trinajstić information content (AvgIpc) is 2.68. The molecule has 0 aliphatic rings. The van der Waals surface area contributed by atoms with Crippen molar-refractivity contribution in [1.29, 1.82) is 0 Å². The molecule has 0 aliphatic carbocycles. The molecule has 3 N–H and O–H groups in total. The molecular weight excluding hydrogens is 378 g/mol. The fourth-order valence-electron chi connectivity index (χ4n) is 2.58. The highest BCUT2D eigenvalue weighted by atomic mass is 35.5. The summed E-state index contributed by atoms with van der Waals surface area (Å²) in [5.74, 6) is 1.15. The van der Waals surface area contributed by atoms with Crippen LogP contribution >= 0.6 is 11.6 Å². The summed E-state index contributed by atoms with van der Waals surface area (Å²) in [6, 6.07) is 15.8. The molecule has 0 spiro atoms. The van der Waals surface area contributed by atoms with E-state index in [2.05, 4.69) is 10.3 Å². The molecule has 0 bridgehead atoms. The van der Waals surface area contributed by atoms with Crippen molar-refractivity contribution < 1.29 is 14.3 Å². The van der Waals surface area contributed by atoms with Crippen molar-refractivity contribution >= 4 is 29.0 Å². The molecule has 0 aliphatic heterocycles. The van der Waals surface area contributed by atoms with E-state index in [-0.39, 0.29) is 11.7 Å². The van der Waals surface area contributed by atoms with E-state index in [1.165, 1.54) is 0 Å². The Hall–Kier alpha value is -3.09. The van der Waals surface area contributed by atoms with Gasteiger partial charge in [0.25, 0.3) is 5.91 Å². The van der Waals surface area contributed by atoms with Gasteiger partial charge in [-0.05, 0) is 67.1 Å². The van der Waals surface area contributed by atoms with Crippen LogP contribution < -0.4 is 15.8 Å². The molecule has 1 aromatic heterocycles. The maximum Gasteiger partial charge on any atom is 0.259 e. The zero-order chi connectivity index (χ0) is 20.1. The number of ether oxygens (including phenoxy) is 2. The number of hydrogen-bond acceptors (Lipinski definition) is 5. The van der Waals surface area contributed by atoms with Gasteiger partial charge in [0.2, 0.25) is 0 Å². The van der Waals surface area contributed by atoms with Gasteiger partial charge in [0.05, 0.1) is 17.9 Å². The Labute approximate surface area is 168 Å². The number of hydrogen-bond donors (Lipinski definition) is 2. The van der Waals surface area contributed by atoms with Crippen LogP contribution in [-0.4, -0.2) is 18.0 Å². The number of nitrogens with zero attached hydrogens (tertiary/aromatic N) is 1. The number of carbonyl (C=O) groups is 1. The summed E-state index contributed by atoms with van der Waals surface area (Å²) in [7, 11) is 1.58. The molecule has 0 saturated carbocycles. The van der Waals surface area contributed by atoms with E-state index >= 15 is 0 Å². The number of pyridine rings is 1. The fraction of sp³-hybridized carbons (Fsp3) is 0.143. The maximum atomic E-state index is 12.6. The molecule has 0 atom stereocenters. The lowest BCUT2D eigenvalue weighted by Crippen LogP contribution is -2.16. The van der Waals surface area contributed by atoms with Gasteiger partial charge in [0.15, 0.2) is 0 Å². The second-order valence-electron chi connectivity index (χ2n) is 6.15. The number of nitrogens with two attached hydrogens (primary N) is 1. The molecule has 1 heterocycles. The summed E-state index contributed by atoms with van der Waals surface area (Å²) >= 11 is 5.86. The summed E-state index contributed by atoms with van der Waals surface area (Å²) in [5, 5.41) is 3.46. The molecule has 3 rings (SSSR count). The Bertz CT molecular complexity index is 973. The Kier molecular flexibility index (Phi) is 6.13. The summed E-state index contributed by atoms with van der Waals surface area (Å²) in [4.78, 5) is 16.8. The van der Waals surface area contributed by atoms with Crippen LogP contribution in [0.5, 0.6) is 11.5 Å². The molecule has 6 nitrogen and oxygen atoms in total. The van der Waals surface area contributed by atoms with Crippen molar-refractivity contribution in [2.24, 2.45) is 0 Å². The molecule has 28 heavy (non-hydrogen) atoms. The number of amides is 1. The highest BCUT2D eigenvalue weighted by molar-refractivity contribution is 6.30. The van der Waals surface area contributed by atoms with Gasteiger partial charge in [-0.1, -0.05) is 11.6 Å². The number of benzene rings is 2. The quantitative estimate of drug-likeness (QED) is 0.622. The van der Waals surface area contributed by atoms with Crippen LogP contribution in [0.15, 0.2) is 54.6 Å². The van der Waals surface area contributed by atoms with Gasteiger partial charge in [0.1, 0.15) is 17.3 Å². The molecule has 1 amide bonds. The van der Waals surface area contributed by atoms with E-state index in [1.54, 1.807) is 61.7 Å². The minimum Gasteiger partial charge on any atom is -0.457 e. The molecule has 3 aromatic rings. The molecule has 144 valence electrons. The number of halogens is 1. The van der Waals surface area contributed by atoms with Gasteiger partial charge in [-0.15, -0.1) is 0 Å². The number of rotatable bonds is 6. The van der Waals surface area contributed by atoms with Crippen LogP contribution in [0.2, 0.25) is 5.02 Å². The van der Waals surface area contributed by atoms with E-state index in [9.17, 15) is 4.79 Å². The molecule has 2 aromatic carbocycles. The third-order valence-corrected chi connectivity index (χ3v) is 4.29. The summed E-state index contributed by atoms with van der Waals surface area (Å²) in [5.41, 5.74) is 8.42. The van der Waals surface area contributed by atoms with E-state index in [1.807, 2.05) is 6.92 Å². The van der Waals surface area contributed by atoms with Crippen molar-refractivity contribution in [3.05, 3.63) is 76.4 Å². The number of nitrogens with one attached hydrogen (secondary N) is 1. The highest BCUT2D eigenvalue weighted by Crippen LogP contribution is 2.25. The highest BCUT2D eigenvalue weighted by Gasteiger charge is 2.14. The molecule has 0 saturated heterocycles. The van der Waals surface area contributed by atoms with Gasteiger partial charge in [0, 0.05) is 17.8 Å². The Morgan fingerprint density at radius 1 is 1.11 bits per heavy atom. The van der Waals surface area contributed by atoms with E-state index in [0.717, 1.165) is 5.56 Å². The second kappa shape index (κ2) is 8.73. The number of anilines is 2. The van der Waals surface area contributed by atoms with Gasteiger partial charge >= 0.3 is 0 Å². The first-order valence-electron chi connectivity index (χ1n) is 8.56. The van der Waals surface area contributed by atoms with Gasteiger partial charge < -0.3 is 20.5 Å². The number of nitrogen functional groups attached to an aromatic ring is 1. The van der Waals surface area contributed by atoms with E-state index in [0.29, 0.717) is 40.1 Å². The lowest BCUT2D eigenvalue weighted by atomic mass is 10.1. The van der Waals surface area contributed by atoms with E-state index < -0.39 is 0 Å². The smallest absolute Gasteiger partial charge is 0.259 e. The summed E-state index contributed by atoms with van der Waals surface area (Å²) in [6.07, 6.45) is 0. The number of aromatic nitrogens is 1. The lowest BCUT2D eigenvalue weighted by Gasteiger charge is -2.11. The third kappa shape index (κ3) is 4.79. The summed E-state index contributed by atoms with van der Waals surface area (Å²) in [6.45, 7) is 2.20. The predicted molar refractivity (Wildman–Crippen MR) is 110 cm³/mol. The van der Waals surface area contributed by atoms with Crippen LogP contribution in [0.3, 0.4) is 0 Å². The van der Waals surface area contributed by atoms with E-state index in [4.69, 9.17) is 26.8 Å². The first-order valence-corrected chi connectivity index (χ1v) is 8.94. The molecular formula is C21H20ClN3O3. The van der Waals surface area contributed by atoms with Crippen LogP contribution in [0.4, 0.5) is 11.5 Å². The van der Waals surface area contributed by atoms with Crippen molar-refractivity contribution in [3.63, 3.8) is 0 Å². The Morgan fingerprint density at radius 2 is 1.71 bits per heavy atom. The van der Waals surface area contributed by atoms with Crippen LogP contribution in [-0.2, 0) is 11.3 Å². The maximum absolute atomic E-state index is 12.6. The number of carbonyl (C=O) groups excluding carboxylic acids is 1. The topological polar surface area (TPSA) is 86.5 Å². The van der Waals surface area contributed by atoms with Gasteiger partial charge in [-0.2, -0.15) is 0 Å². The fourth-order valence-corrected chi connectivity index (χ4v) is 2.70. The SMILES string of the molecule is COCc1nc(N)c(C(=O)Nc2ccc(Oc3ccc(Cl)cc3)cc2)cc1C. The van der Waals surface area contributed by atoms with Crippen molar-refractivity contribution in [2.45, 2.75) is 13.5 Å². The zero-order valence-corrected chi connectivity index (χ0v) is 16.3. The van der Waals surface area contributed by atoms with Gasteiger partial charge in [-0.3, -0.25) is 4.79 Å². The minimum absolute atomic E-state index is 0.165. The summed E-state index contributed by atoms with van der Waals surface area (Å²) < 4.78 is 10.8. The lowest BCUT2D eigenvalue weighted by molar-refractivity contribution is 0.102. The van der Waals surface area contributed by atoms with Crippen LogP contribution in [0.25, 0.3) is 0 Å². The number of methoxy groups -OCH3 is 1. The molecule has 0 radical (unpaired) electrons. The Balaban J connectivity index is 1.69. The first-order chi connectivity index (χ1) is 13.5. The third-order valence-electron chi connectivity index (χ3n) is 4.03. The van der Waals surface area contributed by atoms with Crippen molar-refractivity contribution in [1.82, 2.24) is 4.98 Å². The predicted octanol–water partition coefficient (Wildman–Crippen LogP) is 4.82. The first kappa shape index (κ1) is 19.7. The largest absolute Gasteiger partial charge is 0.457 e. The normalized spacial score (nSPS) is 10.5. The Morgan fingerprint density at radius 3 is 2.32 bits per heavy atom.